The van der Waals surface area contributed by atoms with E-state index in [2.05, 4.69) is 4.98 Å². The highest BCUT2D eigenvalue weighted by molar-refractivity contribution is 6.31. The highest BCUT2D eigenvalue weighted by Gasteiger charge is 2.14. The molecule has 4 aromatic rings. The van der Waals surface area contributed by atoms with Gasteiger partial charge in [-0.25, -0.2) is 0 Å². The first-order valence-electron chi connectivity index (χ1n) is 9.40. The van der Waals surface area contributed by atoms with Crippen molar-refractivity contribution >= 4 is 46.3 Å². The zero-order chi connectivity index (χ0) is 22.1. The van der Waals surface area contributed by atoms with Crippen LogP contribution in [-0.2, 0) is 0 Å². The number of amides is 1. The molecule has 0 fully saturated rings. The summed E-state index contributed by atoms with van der Waals surface area (Å²) in [6.45, 7) is 0. The average molecular weight is 431 g/mol. The summed E-state index contributed by atoms with van der Waals surface area (Å²) < 4.78 is 1.37. The molecule has 1 amide bonds. The van der Waals surface area contributed by atoms with Crippen LogP contribution in [0.2, 0.25) is 5.02 Å². The second-order valence-corrected chi connectivity index (χ2v) is 7.41. The van der Waals surface area contributed by atoms with Crippen LogP contribution in [0, 0.1) is 10.8 Å². The van der Waals surface area contributed by atoms with Crippen LogP contribution in [0.1, 0.15) is 10.4 Å². The number of nitrogens with zero attached hydrogens (tertiary/aromatic N) is 3. The number of primary amides is 1. The number of fused-ring (bicyclic) bond motifs is 1. The van der Waals surface area contributed by atoms with E-state index < -0.39 is 5.91 Å². The quantitative estimate of drug-likeness (QED) is 0.326. The summed E-state index contributed by atoms with van der Waals surface area (Å²) in [5, 5.41) is 17.2. The molecule has 0 bridgehead atoms. The van der Waals surface area contributed by atoms with Gasteiger partial charge in [-0.05, 0) is 53.6 Å². The van der Waals surface area contributed by atoms with Gasteiger partial charge >= 0.3 is 0 Å². The first-order valence-corrected chi connectivity index (χ1v) is 9.78. The Hall–Kier alpha value is -3.97. The molecule has 0 saturated heterocycles. The van der Waals surface area contributed by atoms with Crippen molar-refractivity contribution in [3.63, 3.8) is 0 Å². The summed E-state index contributed by atoms with van der Waals surface area (Å²) in [6, 6.07) is 20.3. The molecule has 31 heavy (non-hydrogen) atoms. The van der Waals surface area contributed by atoms with Crippen molar-refractivity contribution in [2.75, 3.05) is 11.9 Å². The van der Waals surface area contributed by atoms with Crippen molar-refractivity contribution in [1.29, 1.82) is 10.8 Å². The molecule has 0 saturated carbocycles. The Morgan fingerprint density at radius 2 is 1.84 bits per heavy atom. The number of hydrogen-bond acceptors (Lipinski definition) is 5. The molecule has 4 N–H and O–H groups in total. The lowest BCUT2D eigenvalue weighted by molar-refractivity contribution is 0.100. The van der Waals surface area contributed by atoms with Gasteiger partial charge in [0.15, 0.2) is 0 Å². The topological polar surface area (TPSA) is 112 Å². The van der Waals surface area contributed by atoms with Gasteiger partial charge in [0.25, 0.3) is 0 Å². The molecule has 1 aromatic heterocycles. The maximum Gasteiger partial charge on any atom is 0.248 e. The number of carbonyl (C=O) groups is 1. The van der Waals surface area contributed by atoms with Crippen LogP contribution in [0.15, 0.2) is 66.7 Å². The normalized spacial score (nSPS) is 10.8. The molecule has 0 aliphatic rings. The number of hydrogen-bond donors (Lipinski definition) is 3. The molecule has 0 aliphatic heterocycles. The Balaban J connectivity index is 1.81. The maximum atomic E-state index is 11.3. The number of aromatic nitrogens is 2. The molecule has 0 atom stereocenters. The third-order valence-corrected chi connectivity index (χ3v) is 5.32. The van der Waals surface area contributed by atoms with E-state index in [1.54, 1.807) is 24.3 Å². The van der Waals surface area contributed by atoms with E-state index in [-0.39, 0.29) is 5.62 Å². The van der Waals surface area contributed by atoms with Gasteiger partial charge in [-0.15, -0.1) is 0 Å². The monoisotopic (exact) mass is 430 g/mol. The van der Waals surface area contributed by atoms with Crippen molar-refractivity contribution in [2.45, 2.75) is 0 Å². The van der Waals surface area contributed by atoms with Crippen molar-refractivity contribution in [1.82, 2.24) is 9.55 Å². The minimum absolute atomic E-state index is 0.0650. The van der Waals surface area contributed by atoms with E-state index in [0.717, 1.165) is 28.5 Å². The van der Waals surface area contributed by atoms with Crippen LogP contribution < -0.4 is 16.3 Å². The molecule has 0 aliphatic carbocycles. The molecule has 4 rings (SSSR count). The number of nitrogens with two attached hydrogens (primary N) is 1. The maximum absolute atomic E-state index is 11.3. The Morgan fingerprint density at radius 1 is 1.10 bits per heavy atom. The number of anilines is 2. The third kappa shape index (κ3) is 3.78. The number of benzene rings is 3. The Kier molecular flexibility index (Phi) is 5.27. The zero-order valence-electron chi connectivity index (χ0n) is 16.6. The highest BCUT2D eigenvalue weighted by atomic mass is 35.5. The molecule has 1 heterocycles. The van der Waals surface area contributed by atoms with Gasteiger partial charge in [0.1, 0.15) is 5.82 Å². The van der Waals surface area contributed by atoms with E-state index in [1.165, 1.54) is 4.57 Å². The summed E-state index contributed by atoms with van der Waals surface area (Å²) in [4.78, 5) is 17.6. The predicted molar refractivity (Wildman–Crippen MR) is 123 cm³/mol. The lowest BCUT2D eigenvalue weighted by Gasteiger charge is -2.22. The van der Waals surface area contributed by atoms with Gasteiger partial charge in [-0.2, -0.15) is 4.98 Å². The van der Waals surface area contributed by atoms with Crippen molar-refractivity contribution in [2.24, 2.45) is 5.73 Å². The van der Waals surface area contributed by atoms with Gasteiger partial charge in [0, 0.05) is 28.7 Å². The smallest absolute Gasteiger partial charge is 0.248 e. The molecular weight excluding hydrogens is 412 g/mol. The van der Waals surface area contributed by atoms with Crippen molar-refractivity contribution in [3.05, 3.63) is 82.9 Å². The summed E-state index contributed by atoms with van der Waals surface area (Å²) in [5.41, 5.74) is 9.12. The standard InChI is InChI=1S/C23H19ClN6O/c1-29(22-19-10-9-17(24)12-20(19)30(13-25)23(27)28-22)18-4-2-3-16(11-18)14-5-7-15(8-6-14)21(26)31/h2-13,25,27H,1H3,(H2,26,31). The van der Waals surface area contributed by atoms with Crippen LogP contribution in [0.5, 0.6) is 0 Å². The predicted octanol–water partition coefficient (Wildman–Crippen LogP) is 4.16. The fourth-order valence-electron chi connectivity index (χ4n) is 3.45. The first kappa shape index (κ1) is 20.3. The van der Waals surface area contributed by atoms with Gasteiger partial charge in [-0.1, -0.05) is 35.9 Å². The van der Waals surface area contributed by atoms with Crippen LogP contribution in [0.4, 0.5) is 11.5 Å². The number of rotatable bonds is 5. The van der Waals surface area contributed by atoms with Gasteiger partial charge in [0.05, 0.1) is 11.9 Å². The summed E-state index contributed by atoms with van der Waals surface area (Å²) in [5.74, 6) is 0.117. The van der Waals surface area contributed by atoms with Crippen molar-refractivity contribution in [3.8, 4) is 11.1 Å². The van der Waals surface area contributed by atoms with Gasteiger partial charge < -0.3 is 10.6 Å². The minimum Gasteiger partial charge on any atom is -0.366 e. The molecule has 0 radical (unpaired) electrons. The van der Waals surface area contributed by atoms with Gasteiger partial charge in [-0.3, -0.25) is 20.2 Å². The first-order chi connectivity index (χ1) is 14.9. The molecule has 8 heteroatoms. The molecule has 154 valence electrons. The van der Waals surface area contributed by atoms with Crippen LogP contribution >= 0.6 is 11.6 Å². The lowest BCUT2D eigenvalue weighted by atomic mass is 10.0. The fraction of sp³-hybridized carbons (Fsp3) is 0.0435. The number of nitrogens with one attached hydrogen (secondary N) is 2. The minimum atomic E-state index is -0.462. The molecular formula is C23H19ClN6O. The molecule has 0 spiro atoms. The lowest BCUT2D eigenvalue weighted by Crippen LogP contribution is -2.26. The Morgan fingerprint density at radius 3 is 2.52 bits per heavy atom. The second kappa shape index (κ2) is 8.04. The second-order valence-electron chi connectivity index (χ2n) is 6.97. The van der Waals surface area contributed by atoms with Crippen LogP contribution in [0.25, 0.3) is 22.0 Å². The van der Waals surface area contributed by atoms with E-state index in [0.29, 0.717) is 21.9 Å². The highest BCUT2D eigenvalue weighted by Crippen LogP contribution is 2.31. The summed E-state index contributed by atoms with van der Waals surface area (Å²) in [7, 11) is 1.87. The summed E-state index contributed by atoms with van der Waals surface area (Å²) in [6.07, 6.45) is 1.05. The average Bonchev–Trinajstić information content (AvgIpc) is 2.78. The van der Waals surface area contributed by atoms with E-state index in [4.69, 9.17) is 28.2 Å². The van der Waals surface area contributed by atoms with E-state index in [1.807, 2.05) is 54.4 Å². The number of halogens is 1. The van der Waals surface area contributed by atoms with Gasteiger partial charge in [0.2, 0.25) is 11.5 Å². The Labute approximate surface area is 183 Å². The van der Waals surface area contributed by atoms with Crippen molar-refractivity contribution < 1.29 is 4.79 Å². The van der Waals surface area contributed by atoms with E-state index >= 15 is 0 Å². The number of carbonyl (C=O) groups excluding carboxylic acids is 1. The Bertz CT molecular complexity index is 1380. The zero-order valence-corrected chi connectivity index (χ0v) is 17.4. The summed E-state index contributed by atoms with van der Waals surface area (Å²) >= 11 is 6.16. The van der Waals surface area contributed by atoms with Crippen LogP contribution in [0.3, 0.4) is 0 Å². The molecule has 0 unspecified atom stereocenters. The van der Waals surface area contributed by atoms with E-state index in [9.17, 15) is 4.79 Å². The SMILES string of the molecule is CN(c1cccc(-c2ccc(C(N)=O)cc2)c1)c1nc(=N)n(C=N)c2cc(Cl)ccc12. The fourth-order valence-corrected chi connectivity index (χ4v) is 3.62. The molecule has 3 aromatic carbocycles. The third-order valence-electron chi connectivity index (χ3n) is 5.08. The largest absolute Gasteiger partial charge is 0.366 e. The van der Waals surface area contributed by atoms with Crippen LogP contribution in [-0.4, -0.2) is 28.8 Å². The molecule has 7 nitrogen and oxygen atoms in total.